The van der Waals surface area contributed by atoms with Crippen LogP contribution in [0.5, 0.6) is 11.5 Å². The fraction of sp³-hybridized carbons (Fsp3) is 0.111. The molecule has 0 heterocycles. The number of methoxy groups -OCH3 is 2. The maximum Gasteiger partial charge on any atom is 0.161 e. The molecule has 4 heteroatoms. The van der Waals surface area contributed by atoms with Crippen molar-refractivity contribution in [2.45, 2.75) is 0 Å². The maximum atomic E-state index is 11.2. The first-order chi connectivity index (χ1) is 10.7. The first-order valence-corrected chi connectivity index (χ1v) is 6.62. The molecule has 4 nitrogen and oxygen atoms in total. The van der Waals surface area contributed by atoms with Crippen LogP contribution in [0.2, 0.25) is 0 Å². The molecule has 0 spiro atoms. The van der Waals surface area contributed by atoms with E-state index in [-0.39, 0.29) is 5.57 Å². The third-order valence-electron chi connectivity index (χ3n) is 3.27. The van der Waals surface area contributed by atoms with Crippen molar-refractivity contribution in [2.75, 3.05) is 14.2 Å². The molecule has 0 fully saturated rings. The molecule has 2 aromatic carbocycles. The Labute approximate surface area is 129 Å². The number of nitrogens with zero attached hydrogens (tertiary/aromatic N) is 1. The molecule has 0 aromatic heterocycles. The van der Waals surface area contributed by atoms with Gasteiger partial charge in [0.25, 0.3) is 0 Å². The zero-order chi connectivity index (χ0) is 15.9. The number of ether oxygens (including phenoxy) is 2. The second-order valence-electron chi connectivity index (χ2n) is 4.48. The van der Waals surface area contributed by atoms with Crippen molar-refractivity contribution < 1.29 is 14.3 Å². The van der Waals surface area contributed by atoms with Crippen LogP contribution >= 0.6 is 0 Å². The Morgan fingerprint density at radius 2 is 1.32 bits per heavy atom. The minimum Gasteiger partial charge on any atom is -0.497 e. The molecule has 2 rings (SSSR count). The van der Waals surface area contributed by atoms with Crippen LogP contribution in [0.25, 0.3) is 5.57 Å². The second kappa shape index (κ2) is 7.09. The number of allylic oxidation sites excluding steroid dienone is 1. The standard InChI is InChI=1S/C18H15NO3/c1-21-16-7-3-13(4-8-16)18(15(11-19)12-20)14-5-9-17(22-2)10-6-14/h3-10,12H,1-2H3. The lowest BCUT2D eigenvalue weighted by atomic mass is 9.93. The zero-order valence-electron chi connectivity index (χ0n) is 12.4. The molecule has 0 amide bonds. The summed E-state index contributed by atoms with van der Waals surface area (Å²) < 4.78 is 10.3. The van der Waals surface area contributed by atoms with E-state index < -0.39 is 0 Å². The molecular formula is C18H15NO3. The van der Waals surface area contributed by atoms with Gasteiger partial charge >= 0.3 is 0 Å². The highest BCUT2D eigenvalue weighted by molar-refractivity contribution is 5.98. The van der Waals surface area contributed by atoms with E-state index in [1.165, 1.54) is 0 Å². The van der Waals surface area contributed by atoms with Gasteiger partial charge in [-0.3, -0.25) is 4.79 Å². The Bertz CT molecular complexity index is 673. The molecule has 0 radical (unpaired) electrons. The number of aldehydes is 1. The molecular weight excluding hydrogens is 278 g/mol. The van der Waals surface area contributed by atoms with Gasteiger partial charge in [0.1, 0.15) is 23.1 Å². The number of rotatable bonds is 5. The lowest BCUT2D eigenvalue weighted by Gasteiger charge is -2.11. The lowest BCUT2D eigenvalue weighted by molar-refractivity contribution is -0.104. The normalized spacial score (nSPS) is 9.50. The van der Waals surface area contributed by atoms with Crippen molar-refractivity contribution >= 4 is 11.9 Å². The Balaban J connectivity index is 2.58. The minimum atomic E-state index is 0.0790. The summed E-state index contributed by atoms with van der Waals surface area (Å²) in [6.45, 7) is 0. The van der Waals surface area contributed by atoms with Crippen LogP contribution in [0.3, 0.4) is 0 Å². The van der Waals surface area contributed by atoms with E-state index in [1.807, 2.05) is 30.3 Å². The van der Waals surface area contributed by atoms with Crippen molar-refractivity contribution in [1.82, 2.24) is 0 Å². The second-order valence-corrected chi connectivity index (χ2v) is 4.48. The van der Waals surface area contributed by atoms with Gasteiger partial charge in [0, 0.05) is 5.57 Å². The zero-order valence-corrected chi connectivity index (χ0v) is 12.4. The maximum absolute atomic E-state index is 11.2. The number of carbonyl (C=O) groups is 1. The van der Waals surface area contributed by atoms with Crippen molar-refractivity contribution in [1.29, 1.82) is 5.26 Å². The van der Waals surface area contributed by atoms with Crippen LogP contribution in [-0.2, 0) is 4.79 Å². The van der Waals surface area contributed by atoms with Crippen molar-refractivity contribution in [3.8, 4) is 17.6 Å². The summed E-state index contributed by atoms with van der Waals surface area (Å²) >= 11 is 0. The molecule has 0 N–H and O–H groups in total. The minimum absolute atomic E-state index is 0.0790. The van der Waals surface area contributed by atoms with Crippen LogP contribution in [0.15, 0.2) is 54.1 Å². The molecule has 2 aromatic rings. The van der Waals surface area contributed by atoms with E-state index in [1.54, 1.807) is 38.5 Å². The predicted molar refractivity (Wildman–Crippen MR) is 83.7 cm³/mol. The topological polar surface area (TPSA) is 59.3 Å². The van der Waals surface area contributed by atoms with Gasteiger partial charge in [-0.25, -0.2) is 0 Å². The van der Waals surface area contributed by atoms with Crippen molar-refractivity contribution in [3.63, 3.8) is 0 Å². The van der Waals surface area contributed by atoms with E-state index in [0.29, 0.717) is 23.4 Å². The predicted octanol–water partition coefficient (Wildman–Crippen LogP) is 3.23. The Morgan fingerprint density at radius 3 is 1.59 bits per heavy atom. The number of carbonyl (C=O) groups excluding carboxylic acids is 1. The molecule has 0 aliphatic heterocycles. The van der Waals surface area contributed by atoms with Gasteiger partial charge in [-0.2, -0.15) is 5.26 Å². The average molecular weight is 293 g/mol. The molecule has 0 atom stereocenters. The summed E-state index contributed by atoms with van der Waals surface area (Å²) in [7, 11) is 3.17. The largest absolute Gasteiger partial charge is 0.497 e. The highest BCUT2D eigenvalue weighted by Crippen LogP contribution is 2.29. The first-order valence-electron chi connectivity index (χ1n) is 6.62. The fourth-order valence-electron chi connectivity index (χ4n) is 2.13. The summed E-state index contributed by atoms with van der Waals surface area (Å²) in [6, 6.07) is 16.4. The smallest absolute Gasteiger partial charge is 0.161 e. The third kappa shape index (κ3) is 3.15. The SMILES string of the molecule is COc1ccc(C(=C(C#N)C=O)c2ccc(OC)cc2)cc1. The molecule has 0 saturated heterocycles. The van der Waals surface area contributed by atoms with Gasteiger partial charge in [0.2, 0.25) is 0 Å². The summed E-state index contributed by atoms with van der Waals surface area (Å²) in [5.74, 6) is 1.42. The monoisotopic (exact) mass is 293 g/mol. The Hall–Kier alpha value is -3.06. The highest BCUT2D eigenvalue weighted by Gasteiger charge is 2.12. The number of nitriles is 1. The number of hydrogen-bond acceptors (Lipinski definition) is 4. The lowest BCUT2D eigenvalue weighted by Crippen LogP contribution is -1.95. The molecule has 0 saturated carbocycles. The Kier molecular flexibility index (Phi) is 4.94. The van der Waals surface area contributed by atoms with E-state index in [4.69, 9.17) is 9.47 Å². The van der Waals surface area contributed by atoms with Crippen LogP contribution in [0, 0.1) is 11.3 Å². The van der Waals surface area contributed by atoms with Gasteiger partial charge in [-0.1, -0.05) is 24.3 Å². The first kappa shape index (κ1) is 15.3. The summed E-state index contributed by atoms with van der Waals surface area (Å²) in [5, 5.41) is 9.23. The summed E-state index contributed by atoms with van der Waals surface area (Å²) in [5.41, 5.74) is 2.21. The van der Waals surface area contributed by atoms with Crippen molar-refractivity contribution in [2.24, 2.45) is 0 Å². The van der Waals surface area contributed by atoms with Gasteiger partial charge in [-0.05, 0) is 35.4 Å². The van der Waals surface area contributed by atoms with Crippen molar-refractivity contribution in [3.05, 3.63) is 65.2 Å². The molecule has 0 unspecified atom stereocenters. The molecule has 0 aliphatic carbocycles. The van der Waals surface area contributed by atoms with Gasteiger partial charge in [0.05, 0.1) is 14.2 Å². The number of benzene rings is 2. The van der Waals surface area contributed by atoms with E-state index >= 15 is 0 Å². The van der Waals surface area contributed by atoms with Gasteiger partial charge < -0.3 is 9.47 Å². The molecule has 0 aliphatic rings. The molecule has 22 heavy (non-hydrogen) atoms. The summed E-state index contributed by atoms with van der Waals surface area (Å²) in [6.07, 6.45) is 0.573. The quantitative estimate of drug-likeness (QED) is 0.482. The van der Waals surface area contributed by atoms with E-state index in [9.17, 15) is 10.1 Å². The number of hydrogen-bond donors (Lipinski definition) is 0. The summed E-state index contributed by atoms with van der Waals surface area (Å²) in [4.78, 5) is 11.2. The molecule has 110 valence electrons. The molecule has 0 bridgehead atoms. The van der Waals surface area contributed by atoms with Crippen LogP contribution in [0.1, 0.15) is 11.1 Å². The van der Waals surface area contributed by atoms with E-state index in [2.05, 4.69) is 0 Å². The third-order valence-corrected chi connectivity index (χ3v) is 3.27. The average Bonchev–Trinajstić information content (AvgIpc) is 2.60. The fourth-order valence-corrected chi connectivity index (χ4v) is 2.13. The van der Waals surface area contributed by atoms with Crippen LogP contribution in [0.4, 0.5) is 0 Å². The Morgan fingerprint density at radius 1 is 0.909 bits per heavy atom. The highest BCUT2D eigenvalue weighted by atomic mass is 16.5. The van der Waals surface area contributed by atoms with Gasteiger partial charge in [0.15, 0.2) is 6.29 Å². The van der Waals surface area contributed by atoms with Crippen LogP contribution in [-0.4, -0.2) is 20.5 Å². The van der Waals surface area contributed by atoms with E-state index in [0.717, 1.165) is 11.1 Å². The van der Waals surface area contributed by atoms with Crippen LogP contribution < -0.4 is 9.47 Å². The van der Waals surface area contributed by atoms with Gasteiger partial charge in [-0.15, -0.1) is 0 Å².